The highest BCUT2D eigenvalue weighted by atomic mass is 19.3. The first-order valence-electron chi connectivity index (χ1n) is 5.15. The van der Waals surface area contributed by atoms with Crippen LogP contribution in [-0.2, 0) is 12.3 Å². The summed E-state index contributed by atoms with van der Waals surface area (Å²) < 4.78 is 25.8. The molecular formula is C12H15F2N. The Morgan fingerprint density at radius 1 is 1.27 bits per heavy atom. The second-order valence-corrected chi connectivity index (χ2v) is 4.62. The number of benzene rings is 1. The Morgan fingerprint density at radius 3 is 2.20 bits per heavy atom. The van der Waals surface area contributed by atoms with E-state index in [0.717, 1.165) is 31.7 Å². The van der Waals surface area contributed by atoms with Gasteiger partial charge in [0.1, 0.15) is 0 Å². The van der Waals surface area contributed by atoms with E-state index in [1.807, 2.05) is 0 Å². The molecule has 1 aromatic rings. The zero-order valence-corrected chi connectivity index (χ0v) is 8.76. The third-order valence-corrected chi connectivity index (χ3v) is 2.91. The van der Waals surface area contributed by atoms with Crippen molar-refractivity contribution < 1.29 is 8.78 Å². The molecule has 1 aliphatic carbocycles. The Kier molecular flexibility index (Phi) is 2.30. The van der Waals surface area contributed by atoms with Gasteiger partial charge in [-0.15, -0.1) is 0 Å². The zero-order valence-electron chi connectivity index (χ0n) is 8.76. The summed E-state index contributed by atoms with van der Waals surface area (Å²) in [7, 11) is 0. The highest BCUT2D eigenvalue weighted by Crippen LogP contribution is 2.36. The Hall–Kier alpha value is -0.960. The minimum Gasteiger partial charge on any atom is -0.325 e. The molecule has 0 bridgehead atoms. The summed E-state index contributed by atoms with van der Waals surface area (Å²) in [6, 6.07) is 6.47. The summed E-state index contributed by atoms with van der Waals surface area (Å²) in [6.07, 6.45) is 2.87. The minimum atomic E-state index is -2.75. The lowest BCUT2D eigenvalue weighted by Gasteiger charge is -2.12. The van der Waals surface area contributed by atoms with Crippen LogP contribution in [0.25, 0.3) is 0 Å². The molecule has 3 heteroatoms. The van der Waals surface area contributed by atoms with Crippen molar-refractivity contribution in [1.82, 2.24) is 0 Å². The van der Waals surface area contributed by atoms with Crippen LogP contribution in [0.5, 0.6) is 0 Å². The molecule has 0 amide bonds. The molecule has 2 rings (SSSR count). The molecule has 0 radical (unpaired) electrons. The normalized spacial score (nSPS) is 18.9. The number of rotatable bonds is 3. The van der Waals surface area contributed by atoms with Gasteiger partial charge in [-0.25, -0.2) is 8.78 Å². The number of hydrogen-bond acceptors (Lipinski definition) is 1. The summed E-state index contributed by atoms with van der Waals surface area (Å²) in [5.41, 5.74) is 7.00. The van der Waals surface area contributed by atoms with Crippen molar-refractivity contribution in [2.75, 3.05) is 0 Å². The maximum atomic E-state index is 12.9. The lowest BCUT2D eigenvalue weighted by atomic mass is 10.0. The van der Waals surface area contributed by atoms with Crippen molar-refractivity contribution in [1.29, 1.82) is 0 Å². The Balaban J connectivity index is 2.10. The van der Waals surface area contributed by atoms with Crippen LogP contribution in [0.1, 0.15) is 30.9 Å². The van der Waals surface area contributed by atoms with Gasteiger partial charge < -0.3 is 5.73 Å². The maximum Gasteiger partial charge on any atom is 0.270 e. The van der Waals surface area contributed by atoms with E-state index in [-0.39, 0.29) is 11.1 Å². The topological polar surface area (TPSA) is 26.0 Å². The molecule has 1 nitrogen and oxygen atoms in total. The van der Waals surface area contributed by atoms with E-state index in [4.69, 9.17) is 5.73 Å². The van der Waals surface area contributed by atoms with E-state index in [0.29, 0.717) is 0 Å². The average Bonchev–Trinajstić information content (AvgIpc) is 2.82. The molecule has 0 aliphatic heterocycles. The molecule has 0 saturated heterocycles. The number of halogens is 2. The number of alkyl halides is 2. The van der Waals surface area contributed by atoms with E-state index >= 15 is 0 Å². The van der Waals surface area contributed by atoms with E-state index in [2.05, 4.69) is 0 Å². The SMILES string of the molecule is CC(F)(F)c1ccc(CC2(N)CC2)cc1. The highest BCUT2D eigenvalue weighted by Gasteiger charge is 2.38. The van der Waals surface area contributed by atoms with Gasteiger partial charge in [0.15, 0.2) is 0 Å². The molecule has 1 fully saturated rings. The number of nitrogens with two attached hydrogens (primary N) is 1. The average molecular weight is 211 g/mol. The summed E-state index contributed by atoms with van der Waals surface area (Å²) in [6.45, 7) is 0.910. The van der Waals surface area contributed by atoms with Gasteiger partial charge in [0.2, 0.25) is 0 Å². The van der Waals surface area contributed by atoms with Crippen LogP contribution in [-0.4, -0.2) is 5.54 Å². The van der Waals surface area contributed by atoms with Crippen LogP contribution in [0.4, 0.5) is 8.78 Å². The van der Waals surface area contributed by atoms with Gasteiger partial charge in [0.05, 0.1) is 0 Å². The maximum absolute atomic E-state index is 12.9. The van der Waals surface area contributed by atoms with Crippen LogP contribution in [0.2, 0.25) is 0 Å². The van der Waals surface area contributed by atoms with Crippen molar-refractivity contribution >= 4 is 0 Å². The first-order valence-corrected chi connectivity index (χ1v) is 5.15. The summed E-state index contributed by atoms with van der Waals surface area (Å²) in [4.78, 5) is 0. The van der Waals surface area contributed by atoms with E-state index in [1.165, 1.54) is 12.1 Å². The van der Waals surface area contributed by atoms with Crippen molar-refractivity contribution in [3.05, 3.63) is 35.4 Å². The van der Waals surface area contributed by atoms with Crippen LogP contribution < -0.4 is 5.73 Å². The second kappa shape index (κ2) is 3.27. The predicted molar refractivity (Wildman–Crippen MR) is 55.9 cm³/mol. The van der Waals surface area contributed by atoms with Crippen molar-refractivity contribution in [2.24, 2.45) is 5.73 Å². The fourth-order valence-corrected chi connectivity index (χ4v) is 1.66. The molecule has 1 aliphatic rings. The van der Waals surface area contributed by atoms with Gasteiger partial charge in [0, 0.05) is 18.0 Å². The molecule has 0 atom stereocenters. The molecule has 0 heterocycles. The summed E-state index contributed by atoms with van der Waals surface area (Å²) in [5, 5.41) is 0. The molecule has 2 N–H and O–H groups in total. The van der Waals surface area contributed by atoms with Gasteiger partial charge >= 0.3 is 0 Å². The summed E-state index contributed by atoms with van der Waals surface area (Å²) >= 11 is 0. The van der Waals surface area contributed by atoms with Gasteiger partial charge in [-0.05, 0) is 24.8 Å². The molecule has 1 aromatic carbocycles. The lowest BCUT2D eigenvalue weighted by molar-refractivity contribution is 0.0174. The molecular weight excluding hydrogens is 196 g/mol. The van der Waals surface area contributed by atoms with Gasteiger partial charge in [-0.3, -0.25) is 0 Å². The zero-order chi connectivity index (χ0) is 11.1. The largest absolute Gasteiger partial charge is 0.325 e. The Morgan fingerprint density at radius 2 is 1.80 bits per heavy atom. The van der Waals surface area contributed by atoms with Gasteiger partial charge in [0.25, 0.3) is 5.92 Å². The van der Waals surface area contributed by atoms with E-state index in [1.54, 1.807) is 12.1 Å². The Bertz CT molecular complexity index is 347. The van der Waals surface area contributed by atoms with Gasteiger partial charge in [-0.2, -0.15) is 0 Å². The van der Waals surface area contributed by atoms with E-state index in [9.17, 15) is 8.78 Å². The van der Waals surface area contributed by atoms with Crippen molar-refractivity contribution in [2.45, 2.75) is 37.6 Å². The number of hydrogen-bond donors (Lipinski definition) is 1. The quantitative estimate of drug-likeness (QED) is 0.817. The smallest absolute Gasteiger partial charge is 0.270 e. The standard InChI is InChI=1S/C12H15F2N/c1-11(13,14)10-4-2-9(3-5-10)8-12(15)6-7-12/h2-5H,6-8,15H2,1H3. The molecule has 0 unspecified atom stereocenters. The molecule has 15 heavy (non-hydrogen) atoms. The third kappa shape index (κ3) is 2.53. The van der Waals surface area contributed by atoms with Crippen LogP contribution in [0, 0.1) is 0 Å². The fraction of sp³-hybridized carbons (Fsp3) is 0.500. The fourth-order valence-electron chi connectivity index (χ4n) is 1.66. The minimum absolute atomic E-state index is 0.0593. The van der Waals surface area contributed by atoms with Crippen molar-refractivity contribution in [3.63, 3.8) is 0 Å². The van der Waals surface area contributed by atoms with Crippen molar-refractivity contribution in [3.8, 4) is 0 Å². The third-order valence-electron chi connectivity index (χ3n) is 2.91. The van der Waals surface area contributed by atoms with E-state index < -0.39 is 5.92 Å². The first kappa shape index (κ1) is 10.6. The van der Waals surface area contributed by atoms with Gasteiger partial charge in [-0.1, -0.05) is 24.3 Å². The first-order chi connectivity index (χ1) is 6.89. The lowest BCUT2D eigenvalue weighted by Crippen LogP contribution is -2.24. The molecule has 0 spiro atoms. The Labute approximate surface area is 88.3 Å². The molecule has 1 saturated carbocycles. The van der Waals surface area contributed by atoms with Crippen LogP contribution in [0.3, 0.4) is 0 Å². The predicted octanol–water partition coefficient (Wildman–Crippen LogP) is 2.83. The second-order valence-electron chi connectivity index (χ2n) is 4.62. The highest BCUT2D eigenvalue weighted by molar-refractivity contribution is 5.27. The molecule has 0 aromatic heterocycles. The van der Waals surface area contributed by atoms with Crippen LogP contribution in [0.15, 0.2) is 24.3 Å². The molecule has 82 valence electrons. The van der Waals surface area contributed by atoms with Crippen LogP contribution >= 0.6 is 0 Å². The monoisotopic (exact) mass is 211 g/mol. The summed E-state index contributed by atoms with van der Waals surface area (Å²) in [5.74, 6) is -2.75.